The van der Waals surface area contributed by atoms with Gasteiger partial charge >= 0.3 is 0 Å². The second kappa shape index (κ2) is 4.67. The molecule has 0 aromatic heterocycles. The van der Waals surface area contributed by atoms with Gasteiger partial charge in [-0.2, -0.15) is 0 Å². The summed E-state index contributed by atoms with van der Waals surface area (Å²) in [6.07, 6.45) is 3.72. The lowest BCUT2D eigenvalue weighted by Crippen LogP contribution is -2.34. The monoisotopic (exact) mass is 197 g/mol. The zero-order chi connectivity index (χ0) is 10.7. The molecular formula is C11H23N3. The molecule has 1 aliphatic rings. The Morgan fingerprint density at radius 3 is 2.43 bits per heavy atom. The number of nitrogens with zero attached hydrogens (tertiary/aromatic N) is 1. The van der Waals surface area contributed by atoms with Crippen LogP contribution in [0.1, 0.15) is 40.0 Å². The van der Waals surface area contributed by atoms with Crippen molar-refractivity contribution in [3.8, 4) is 0 Å². The van der Waals surface area contributed by atoms with Crippen molar-refractivity contribution in [2.24, 2.45) is 34.2 Å². The molecule has 0 spiro atoms. The van der Waals surface area contributed by atoms with E-state index in [0.717, 1.165) is 12.3 Å². The van der Waals surface area contributed by atoms with Gasteiger partial charge in [0.15, 0.2) is 5.96 Å². The number of aliphatic imine (C=N–C) groups is 1. The lowest BCUT2D eigenvalue weighted by atomic mass is 9.74. The predicted octanol–water partition coefficient (Wildman–Crippen LogP) is 1.72. The largest absolute Gasteiger partial charge is 0.370 e. The second-order valence-corrected chi connectivity index (χ2v) is 4.95. The molecule has 3 heteroatoms. The van der Waals surface area contributed by atoms with Crippen molar-refractivity contribution in [1.29, 1.82) is 0 Å². The van der Waals surface area contributed by atoms with Crippen LogP contribution in [-0.2, 0) is 0 Å². The van der Waals surface area contributed by atoms with Crippen LogP contribution in [0.4, 0.5) is 0 Å². The van der Waals surface area contributed by atoms with Gasteiger partial charge in [0.25, 0.3) is 0 Å². The summed E-state index contributed by atoms with van der Waals surface area (Å²) in [5.41, 5.74) is 10.9. The Labute approximate surface area is 87.0 Å². The number of hydrogen-bond donors (Lipinski definition) is 2. The molecule has 0 heterocycles. The Hall–Kier alpha value is -0.730. The molecule has 0 bridgehead atoms. The Morgan fingerprint density at radius 2 is 1.93 bits per heavy atom. The highest BCUT2D eigenvalue weighted by Gasteiger charge is 2.30. The lowest BCUT2D eigenvalue weighted by molar-refractivity contribution is 0.201. The fourth-order valence-corrected chi connectivity index (χ4v) is 2.49. The van der Waals surface area contributed by atoms with E-state index in [4.69, 9.17) is 11.5 Å². The summed E-state index contributed by atoms with van der Waals surface area (Å²) in [5.74, 6) is 2.34. The van der Waals surface area contributed by atoms with Crippen molar-refractivity contribution in [1.82, 2.24) is 0 Å². The van der Waals surface area contributed by atoms with E-state index in [-0.39, 0.29) is 5.96 Å². The first-order valence-corrected chi connectivity index (χ1v) is 5.59. The Balaban J connectivity index is 2.68. The molecule has 14 heavy (non-hydrogen) atoms. The smallest absolute Gasteiger partial charge is 0.186 e. The van der Waals surface area contributed by atoms with E-state index in [0.29, 0.717) is 17.9 Å². The van der Waals surface area contributed by atoms with Crippen LogP contribution in [0.2, 0.25) is 0 Å². The molecule has 82 valence electrons. The van der Waals surface area contributed by atoms with Gasteiger partial charge in [-0.1, -0.05) is 27.2 Å². The lowest BCUT2D eigenvalue weighted by Gasteiger charge is -2.34. The second-order valence-electron chi connectivity index (χ2n) is 4.95. The standard InChI is InChI=1S/C11H23N3/c1-7(2)9-5-4-8(3)6-10(9)14-11(12)13/h7-10H,4-6H2,1-3H3,(H4,12,13,14). The van der Waals surface area contributed by atoms with Crippen molar-refractivity contribution in [2.45, 2.75) is 46.1 Å². The molecule has 3 atom stereocenters. The highest BCUT2D eigenvalue weighted by atomic mass is 15.0. The Bertz CT molecular complexity index is 207. The summed E-state index contributed by atoms with van der Waals surface area (Å²) >= 11 is 0. The molecule has 1 aliphatic carbocycles. The van der Waals surface area contributed by atoms with E-state index < -0.39 is 0 Å². The topological polar surface area (TPSA) is 64.4 Å². The third kappa shape index (κ3) is 2.89. The van der Waals surface area contributed by atoms with Gasteiger partial charge in [0, 0.05) is 0 Å². The molecule has 1 fully saturated rings. The zero-order valence-electron chi connectivity index (χ0n) is 9.53. The molecular weight excluding hydrogens is 174 g/mol. The van der Waals surface area contributed by atoms with Crippen molar-refractivity contribution in [2.75, 3.05) is 0 Å². The van der Waals surface area contributed by atoms with Crippen LogP contribution in [-0.4, -0.2) is 12.0 Å². The van der Waals surface area contributed by atoms with Crippen LogP contribution in [0.15, 0.2) is 4.99 Å². The normalized spacial score (nSPS) is 33.0. The van der Waals surface area contributed by atoms with E-state index in [1.165, 1.54) is 12.8 Å². The quantitative estimate of drug-likeness (QED) is 0.523. The number of guanidine groups is 1. The molecule has 1 rings (SSSR count). The van der Waals surface area contributed by atoms with Crippen molar-refractivity contribution < 1.29 is 0 Å². The maximum Gasteiger partial charge on any atom is 0.186 e. The molecule has 3 unspecified atom stereocenters. The summed E-state index contributed by atoms with van der Waals surface area (Å²) in [5, 5.41) is 0. The maximum atomic E-state index is 5.46. The maximum absolute atomic E-state index is 5.46. The van der Waals surface area contributed by atoms with Crippen molar-refractivity contribution in [3.05, 3.63) is 0 Å². The fraction of sp³-hybridized carbons (Fsp3) is 0.909. The zero-order valence-corrected chi connectivity index (χ0v) is 9.53. The van der Waals surface area contributed by atoms with Crippen LogP contribution < -0.4 is 11.5 Å². The minimum Gasteiger partial charge on any atom is -0.370 e. The van der Waals surface area contributed by atoms with Gasteiger partial charge < -0.3 is 11.5 Å². The summed E-state index contributed by atoms with van der Waals surface area (Å²) in [4.78, 5) is 4.36. The minimum absolute atomic E-state index is 0.245. The minimum atomic E-state index is 0.245. The first-order valence-electron chi connectivity index (χ1n) is 5.59. The van der Waals surface area contributed by atoms with Gasteiger partial charge in [-0.15, -0.1) is 0 Å². The van der Waals surface area contributed by atoms with E-state index in [9.17, 15) is 0 Å². The van der Waals surface area contributed by atoms with E-state index in [1.54, 1.807) is 0 Å². The van der Waals surface area contributed by atoms with E-state index >= 15 is 0 Å². The first-order chi connectivity index (χ1) is 6.50. The van der Waals surface area contributed by atoms with Crippen molar-refractivity contribution in [3.63, 3.8) is 0 Å². The van der Waals surface area contributed by atoms with Gasteiger partial charge in [-0.25, -0.2) is 0 Å². The highest BCUT2D eigenvalue weighted by Crippen LogP contribution is 2.35. The number of nitrogens with two attached hydrogens (primary N) is 2. The van der Waals surface area contributed by atoms with Gasteiger partial charge in [-0.05, 0) is 30.6 Å². The molecule has 0 aromatic carbocycles. The Kier molecular flexibility index (Phi) is 3.78. The van der Waals surface area contributed by atoms with Crippen LogP contribution in [0.5, 0.6) is 0 Å². The first kappa shape index (κ1) is 11.3. The molecule has 0 radical (unpaired) electrons. The molecule has 0 aromatic rings. The van der Waals surface area contributed by atoms with Crippen LogP contribution in [0, 0.1) is 17.8 Å². The molecule has 3 nitrogen and oxygen atoms in total. The molecule has 0 aliphatic heterocycles. The molecule has 0 amide bonds. The SMILES string of the molecule is CC1CCC(C(C)C)C(N=C(N)N)C1. The van der Waals surface area contributed by atoms with Gasteiger partial charge in [-0.3, -0.25) is 4.99 Å². The van der Waals surface area contributed by atoms with E-state index in [1.807, 2.05) is 0 Å². The average Bonchev–Trinajstić information content (AvgIpc) is 2.01. The highest BCUT2D eigenvalue weighted by molar-refractivity contribution is 5.75. The van der Waals surface area contributed by atoms with Crippen molar-refractivity contribution >= 4 is 5.96 Å². The van der Waals surface area contributed by atoms with E-state index in [2.05, 4.69) is 25.8 Å². The Morgan fingerprint density at radius 1 is 1.29 bits per heavy atom. The number of hydrogen-bond acceptors (Lipinski definition) is 1. The third-order valence-electron chi connectivity index (χ3n) is 3.30. The summed E-state index contributed by atoms with van der Waals surface area (Å²) < 4.78 is 0. The van der Waals surface area contributed by atoms with Gasteiger partial charge in [0.1, 0.15) is 0 Å². The summed E-state index contributed by atoms with van der Waals surface area (Å²) in [6, 6.07) is 0.351. The molecule has 0 saturated heterocycles. The number of rotatable bonds is 2. The summed E-state index contributed by atoms with van der Waals surface area (Å²) in [7, 11) is 0. The van der Waals surface area contributed by atoms with Crippen LogP contribution >= 0.6 is 0 Å². The third-order valence-corrected chi connectivity index (χ3v) is 3.30. The van der Waals surface area contributed by atoms with Gasteiger partial charge in [0.05, 0.1) is 6.04 Å². The predicted molar refractivity (Wildman–Crippen MR) is 60.9 cm³/mol. The molecule has 4 N–H and O–H groups in total. The van der Waals surface area contributed by atoms with Crippen LogP contribution in [0.3, 0.4) is 0 Å². The molecule has 1 saturated carbocycles. The fourth-order valence-electron chi connectivity index (χ4n) is 2.49. The average molecular weight is 197 g/mol. The summed E-state index contributed by atoms with van der Waals surface area (Å²) in [6.45, 7) is 6.80. The van der Waals surface area contributed by atoms with Gasteiger partial charge in [0.2, 0.25) is 0 Å². The van der Waals surface area contributed by atoms with Crippen LogP contribution in [0.25, 0.3) is 0 Å².